The van der Waals surface area contributed by atoms with Gasteiger partial charge in [0.15, 0.2) is 0 Å². The van der Waals surface area contributed by atoms with Crippen molar-refractivity contribution in [1.82, 2.24) is 5.32 Å². The van der Waals surface area contributed by atoms with Gasteiger partial charge in [-0.25, -0.2) is 0 Å². The highest BCUT2D eigenvalue weighted by Crippen LogP contribution is 2.08. The molecule has 14 heavy (non-hydrogen) atoms. The summed E-state index contributed by atoms with van der Waals surface area (Å²) in [6, 6.07) is 0.581. The number of terminal acetylenes is 1. The lowest BCUT2D eigenvalue weighted by Crippen LogP contribution is -2.25. The molecule has 0 aliphatic rings. The van der Waals surface area contributed by atoms with Crippen LogP contribution in [0.3, 0.4) is 0 Å². The Bertz CT molecular complexity index is 146. The fourth-order valence-corrected chi connectivity index (χ4v) is 1.57. The molecule has 1 nitrogen and oxygen atoms in total. The summed E-state index contributed by atoms with van der Waals surface area (Å²) in [5.74, 6) is 2.61. The van der Waals surface area contributed by atoms with Crippen LogP contribution in [0, 0.1) is 12.3 Å². The molecule has 0 saturated carbocycles. The minimum Gasteiger partial charge on any atom is -0.304 e. The number of hydrogen-bond donors (Lipinski definition) is 1. The third-order valence-corrected chi connectivity index (χ3v) is 2.54. The maximum atomic E-state index is 5.17. The van der Waals surface area contributed by atoms with Crippen molar-refractivity contribution in [1.29, 1.82) is 0 Å². The summed E-state index contributed by atoms with van der Waals surface area (Å²) >= 11 is 0. The van der Waals surface area contributed by atoms with Crippen molar-refractivity contribution in [3.63, 3.8) is 0 Å². The molecule has 0 aromatic carbocycles. The molecule has 82 valence electrons. The molecule has 0 rings (SSSR count). The van der Waals surface area contributed by atoms with Crippen molar-refractivity contribution < 1.29 is 0 Å². The monoisotopic (exact) mass is 195 g/mol. The summed E-state index contributed by atoms with van der Waals surface area (Å²) in [4.78, 5) is 0. The zero-order valence-corrected chi connectivity index (χ0v) is 9.81. The Labute approximate surface area is 89.7 Å². The summed E-state index contributed by atoms with van der Waals surface area (Å²) in [6.07, 6.45) is 14.7. The second kappa shape index (κ2) is 10.6. The van der Waals surface area contributed by atoms with Gasteiger partial charge in [-0.05, 0) is 13.3 Å². The van der Waals surface area contributed by atoms with Gasteiger partial charge in [0.2, 0.25) is 0 Å². The van der Waals surface area contributed by atoms with Crippen LogP contribution in [-0.2, 0) is 0 Å². The highest BCUT2D eigenvalue weighted by atomic mass is 14.9. The number of unbranched alkanes of at least 4 members (excludes halogenated alkanes) is 5. The van der Waals surface area contributed by atoms with Crippen LogP contribution in [0.25, 0.3) is 0 Å². The van der Waals surface area contributed by atoms with Crippen molar-refractivity contribution >= 4 is 0 Å². The lowest BCUT2D eigenvalue weighted by molar-refractivity contribution is 0.498. The lowest BCUT2D eigenvalue weighted by atomic mass is 10.1. The summed E-state index contributed by atoms with van der Waals surface area (Å²) in [5, 5.41) is 3.30. The van der Waals surface area contributed by atoms with Crippen molar-refractivity contribution in [2.75, 3.05) is 6.54 Å². The van der Waals surface area contributed by atoms with Gasteiger partial charge < -0.3 is 5.32 Å². The van der Waals surface area contributed by atoms with E-state index in [-0.39, 0.29) is 0 Å². The topological polar surface area (TPSA) is 12.0 Å². The molecule has 0 aromatic rings. The third-order valence-electron chi connectivity index (χ3n) is 2.54. The zero-order valence-electron chi connectivity index (χ0n) is 9.81. The average molecular weight is 195 g/mol. The Balaban J connectivity index is 3.07. The van der Waals surface area contributed by atoms with Crippen LogP contribution in [-0.4, -0.2) is 12.6 Å². The Morgan fingerprint density at radius 1 is 1.14 bits per heavy atom. The summed E-state index contributed by atoms with van der Waals surface area (Å²) in [6.45, 7) is 5.17. The summed E-state index contributed by atoms with van der Waals surface area (Å²) in [5.41, 5.74) is 0. The van der Waals surface area contributed by atoms with Crippen molar-refractivity contribution in [2.45, 2.75) is 64.8 Å². The van der Waals surface area contributed by atoms with E-state index in [1.54, 1.807) is 0 Å². The fourth-order valence-electron chi connectivity index (χ4n) is 1.57. The fraction of sp³-hybridized carbons (Fsp3) is 0.846. The molecule has 1 heteroatoms. The van der Waals surface area contributed by atoms with Crippen LogP contribution in [0.5, 0.6) is 0 Å². The molecule has 0 aliphatic carbocycles. The Hall–Kier alpha value is -0.480. The van der Waals surface area contributed by atoms with Gasteiger partial charge in [0.1, 0.15) is 0 Å². The molecular formula is C13H25N. The van der Waals surface area contributed by atoms with E-state index in [4.69, 9.17) is 6.42 Å². The smallest absolute Gasteiger partial charge is 0.0575 e. The van der Waals surface area contributed by atoms with E-state index in [1.807, 2.05) is 0 Å². The molecule has 0 aliphatic heterocycles. The average Bonchev–Trinajstić information content (AvgIpc) is 2.20. The summed E-state index contributed by atoms with van der Waals surface area (Å²) < 4.78 is 0. The van der Waals surface area contributed by atoms with Crippen molar-refractivity contribution in [3.8, 4) is 12.3 Å². The molecule has 0 amide bonds. The van der Waals surface area contributed by atoms with E-state index in [0.29, 0.717) is 12.6 Å². The molecule has 0 spiro atoms. The van der Waals surface area contributed by atoms with Crippen LogP contribution in [0.4, 0.5) is 0 Å². The van der Waals surface area contributed by atoms with Gasteiger partial charge in [-0.3, -0.25) is 0 Å². The van der Waals surface area contributed by atoms with Crippen molar-refractivity contribution in [3.05, 3.63) is 0 Å². The van der Waals surface area contributed by atoms with Gasteiger partial charge in [-0.2, -0.15) is 0 Å². The molecule has 0 heterocycles. The first-order chi connectivity index (χ1) is 6.81. The van der Waals surface area contributed by atoms with Crippen LogP contribution in [0.1, 0.15) is 58.8 Å². The minimum atomic E-state index is 0.581. The van der Waals surface area contributed by atoms with Crippen LogP contribution >= 0.6 is 0 Å². The zero-order chi connectivity index (χ0) is 10.6. The molecule has 0 unspecified atom stereocenters. The standard InChI is InChI=1S/C13H25N/c1-4-6-7-8-9-10-11-13(3)14-12-5-2/h2,13-14H,4,6-12H2,1,3H3/t13-/m0/s1. The quantitative estimate of drug-likeness (QED) is 0.439. The highest BCUT2D eigenvalue weighted by molar-refractivity contribution is 4.87. The van der Waals surface area contributed by atoms with E-state index in [0.717, 1.165) is 0 Å². The van der Waals surface area contributed by atoms with Gasteiger partial charge >= 0.3 is 0 Å². The van der Waals surface area contributed by atoms with Gasteiger partial charge in [0.05, 0.1) is 6.54 Å². The largest absolute Gasteiger partial charge is 0.304 e. The number of rotatable bonds is 9. The Morgan fingerprint density at radius 2 is 1.79 bits per heavy atom. The third kappa shape index (κ3) is 9.61. The Kier molecular flexibility index (Phi) is 10.2. The first-order valence-corrected chi connectivity index (χ1v) is 5.98. The second-order valence-electron chi connectivity index (χ2n) is 4.04. The number of nitrogens with one attached hydrogen (secondary N) is 1. The molecule has 1 N–H and O–H groups in total. The Morgan fingerprint density at radius 3 is 2.43 bits per heavy atom. The normalized spacial score (nSPS) is 12.4. The molecule has 1 atom stereocenters. The van der Waals surface area contributed by atoms with Gasteiger partial charge in [0, 0.05) is 6.04 Å². The van der Waals surface area contributed by atoms with E-state index in [9.17, 15) is 0 Å². The van der Waals surface area contributed by atoms with E-state index in [2.05, 4.69) is 25.1 Å². The lowest BCUT2D eigenvalue weighted by Gasteiger charge is -2.10. The second-order valence-corrected chi connectivity index (χ2v) is 4.04. The van der Waals surface area contributed by atoms with Gasteiger partial charge in [-0.15, -0.1) is 6.42 Å². The van der Waals surface area contributed by atoms with E-state index in [1.165, 1.54) is 44.9 Å². The van der Waals surface area contributed by atoms with Crippen molar-refractivity contribution in [2.24, 2.45) is 0 Å². The SMILES string of the molecule is C#CCN[C@@H](C)CCCCCCCC. The maximum Gasteiger partial charge on any atom is 0.0575 e. The van der Waals surface area contributed by atoms with Gasteiger partial charge in [-0.1, -0.05) is 51.4 Å². The predicted octanol–water partition coefficient (Wildman–Crippen LogP) is 3.35. The predicted molar refractivity (Wildman–Crippen MR) is 64.3 cm³/mol. The molecule has 0 bridgehead atoms. The number of hydrogen-bond acceptors (Lipinski definition) is 1. The van der Waals surface area contributed by atoms with E-state index < -0.39 is 0 Å². The molecule has 0 saturated heterocycles. The molecule has 0 fully saturated rings. The summed E-state index contributed by atoms with van der Waals surface area (Å²) in [7, 11) is 0. The van der Waals surface area contributed by atoms with Crippen LogP contribution in [0.15, 0.2) is 0 Å². The minimum absolute atomic E-state index is 0.581. The molecular weight excluding hydrogens is 170 g/mol. The van der Waals surface area contributed by atoms with E-state index >= 15 is 0 Å². The van der Waals surface area contributed by atoms with Gasteiger partial charge in [0.25, 0.3) is 0 Å². The molecule has 0 radical (unpaired) electrons. The highest BCUT2D eigenvalue weighted by Gasteiger charge is 1.98. The first kappa shape index (κ1) is 13.5. The molecule has 0 aromatic heterocycles. The van der Waals surface area contributed by atoms with Crippen LogP contribution in [0.2, 0.25) is 0 Å². The van der Waals surface area contributed by atoms with Crippen LogP contribution < -0.4 is 5.32 Å². The maximum absolute atomic E-state index is 5.17. The first-order valence-electron chi connectivity index (χ1n) is 5.98.